The molecule has 2 fully saturated rings. The van der Waals surface area contributed by atoms with Crippen LogP contribution in [0.5, 0.6) is 0 Å². The molecule has 2 amide bonds. The molecule has 0 aliphatic carbocycles. The van der Waals surface area contributed by atoms with Gasteiger partial charge in [0.2, 0.25) is 11.8 Å². The summed E-state index contributed by atoms with van der Waals surface area (Å²) in [5, 5.41) is 10.0. The van der Waals surface area contributed by atoms with Crippen LogP contribution in [0, 0.1) is 0 Å². The van der Waals surface area contributed by atoms with Crippen molar-refractivity contribution in [1.82, 2.24) is 30.1 Å². The fraction of sp³-hybridized carbons (Fsp3) is 0.484. The second kappa shape index (κ2) is 13.6. The largest absolute Gasteiger partial charge is 0.361 e. The van der Waals surface area contributed by atoms with Crippen LogP contribution < -0.4 is 5.32 Å². The standard InChI is InChI=1S/C31H41ClN6O2/c1-24(39)36(21-25-9-3-5-11-29(25)32)22-27(19-26-20-33-30-12-6-4-10-28(26)30)34-31(40)23-35-15-17-38(18-16-35)37-13-7-2-8-14-37/h3-6,9-12,20,27,33H,2,7-8,13-19,21-23H2,1H3,(H,34,40)/t27-/m0/s1. The van der Waals surface area contributed by atoms with Crippen molar-refractivity contribution in [2.45, 2.75) is 45.2 Å². The lowest BCUT2D eigenvalue weighted by Gasteiger charge is -2.42. The highest BCUT2D eigenvalue weighted by molar-refractivity contribution is 6.31. The second-order valence-corrected chi connectivity index (χ2v) is 11.5. The Kier molecular flexibility index (Phi) is 9.75. The van der Waals surface area contributed by atoms with Gasteiger partial charge in [-0.3, -0.25) is 14.5 Å². The fourth-order valence-corrected chi connectivity index (χ4v) is 6.14. The first-order valence-corrected chi connectivity index (χ1v) is 14.9. The molecule has 40 heavy (non-hydrogen) atoms. The molecule has 5 rings (SSSR count). The summed E-state index contributed by atoms with van der Waals surface area (Å²) in [6, 6.07) is 15.5. The average Bonchev–Trinajstić information content (AvgIpc) is 3.37. The summed E-state index contributed by atoms with van der Waals surface area (Å²) in [6.45, 7) is 8.71. The molecule has 0 unspecified atom stereocenters. The number of piperidine rings is 1. The van der Waals surface area contributed by atoms with Crippen molar-refractivity contribution in [3.63, 3.8) is 0 Å². The molecule has 2 aliphatic heterocycles. The summed E-state index contributed by atoms with van der Waals surface area (Å²) in [4.78, 5) is 33.4. The third-order valence-electron chi connectivity index (χ3n) is 8.16. The molecule has 3 aromatic rings. The van der Waals surface area contributed by atoms with E-state index in [1.54, 1.807) is 11.8 Å². The number of hydrazine groups is 1. The number of aromatic nitrogens is 1. The van der Waals surface area contributed by atoms with Crippen molar-refractivity contribution >= 4 is 34.3 Å². The number of carbonyl (C=O) groups is 2. The van der Waals surface area contributed by atoms with Crippen molar-refractivity contribution < 1.29 is 9.59 Å². The van der Waals surface area contributed by atoms with Gasteiger partial charge in [0.1, 0.15) is 0 Å². The van der Waals surface area contributed by atoms with Gasteiger partial charge < -0.3 is 15.2 Å². The number of benzene rings is 2. The molecule has 0 bridgehead atoms. The maximum Gasteiger partial charge on any atom is 0.234 e. The van der Waals surface area contributed by atoms with E-state index < -0.39 is 0 Å². The lowest BCUT2D eigenvalue weighted by Crippen LogP contribution is -2.56. The Bertz CT molecular complexity index is 1280. The average molecular weight is 565 g/mol. The number of nitrogens with one attached hydrogen (secondary N) is 2. The Labute approximate surface area is 242 Å². The van der Waals surface area contributed by atoms with Gasteiger partial charge in [0, 0.05) is 81.4 Å². The smallest absolute Gasteiger partial charge is 0.234 e. The Hall–Kier alpha value is -2.91. The van der Waals surface area contributed by atoms with Crippen molar-refractivity contribution in [2.24, 2.45) is 0 Å². The first-order chi connectivity index (χ1) is 19.5. The number of H-pyrrole nitrogens is 1. The van der Waals surface area contributed by atoms with E-state index in [1.165, 1.54) is 19.3 Å². The molecule has 2 saturated heterocycles. The van der Waals surface area contributed by atoms with Crippen LogP contribution >= 0.6 is 11.6 Å². The van der Waals surface area contributed by atoms with Gasteiger partial charge in [0.25, 0.3) is 0 Å². The van der Waals surface area contributed by atoms with Crippen LogP contribution in [-0.4, -0.2) is 95.0 Å². The highest BCUT2D eigenvalue weighted by Crippen LogP contribution is 2.21. The van der Waals surface area contributed by atoms with E-state index in [4.69, 9.17) is 11.6 Å². The Morgan fingerprint density at radius 2 is 1.62 bits per heavy atom. The fourth-order valence-electron chi connectivity index (χ4n) is 5.94. The van der Waals surface area contributed by atoms with Gasteiger partial charge in [-0.2, -0.15) is 0 Å². The molecular weight excluding hydrogens is 524 g/mol. The molecule has 8 nitrogen and oxygen atoms in total. The van der Waals surface area contributed by atoms with Crippen LogP contribution in [-0.2, 0) is 22.6 Å². The van der Waals surface area contributed by atoms with E-state index in [0.717, 1.165) is 61.3 Å². The van der Waals surface area contributed by atoms with E-state index in [9.17, 15) is 9.59 Å². The first kappa shape index (κ1) is 28.6. The molecule has 214 valence electrons. The van der Waals surface area contributed by atoms with Crippen LogP contribution in [0.1, 0.15) is 37.3 Å². The van der Waals surface area contributed by atoms with Crippen LogP contribution in [0.25, 0.3) is 10.9 Å². The summed E-state index contributed by atoms with van der Waals surface area (Å²) in [5.41, 5.74) is 3.08. The Morgan fingerprint density at radius 1 is 0.925 bits per heavy atom. The second-order valence-electron chi connectivity index (χ2n) is 11.1. The van der Waals surface area contributed by atoms with Crippen LogP contribution in [0.3, 0.4) is 0 Å². The summed E-state index contributed by atoms with van der Waals surface area (Å²) < 4.78 is 0. The molecule has 2 aliphatic rings. The number of para-hydroxylation sites is 1. The molecular formula is C31H41ClN6O2. The van der Waals surface area contributed by atoms with E-state index in [2.05, 4.69) is 37.4 Å². The monoisotopic (exact) mass is 564 g/mol. The normalized spacial score (nSPS) is 18.1. The van der Waals surface area contributed by atoms with Crippen LogP contribution in [0.4, 0.5) is 0 Å². The van der Waals surface area contributed by atoms with E-state index in [0.29, 0.717) is 31.1 Å². The highest BCUT2D eigenvalue weighted by Gasteiger charge is 2.26. The zero-order chi connectivity index (χ0) is 27.9. The zero-order valence-electron chi connectivity index (χ0n) is 23.4. The number of rotatable bonds is 10. The molecule has 3 heterocycles. The maximum atomic E-state index is 13.4. The number of hydrogen-bond donors (Lipinski definition) is 2. The van der Waals surface area contributed by atoms with Gasteiger partial charge in [-0.15, -0.1) is 0 Å². The number of fused-ring (bicyclic) bond motifs is 1. The van der Waals surface area contributed by atoms with Gasteiger partial charge in [-0.1, -0.05) is 54.4 Å². The maximum absolute atomic E-state index is 13.4. The minimum absolute atomic E-state index is 0.00231. The summed E-state index contributed by atoms with van der Waals surface area (Å²) in [6.07, 6.45) is 6.50. The lowest BCUT2D eigenvalue weighted by atomic mass is 10.0. The lowest BCUT2D eigenvalue weighted by molar-refractivity contribution is -0.131. The molecule has 0 spiro atoms. The molecule has 2 N–H and O–H groups in total. The third kappa shape index (κ3) is 7.43. The molecule has 1 atom stereocenters. The van der Waals surface area contributed by atoms with Gasteiger partial charge >= 0.3 is 0 Å². The van der Waals surface area contributed by atoms with Crippen LogP contribution in [0.15, 0.2) is 54.7 Å². The van der Waals surface area contributed by atoms with E-state index in [-0.39, 0.29) is 17.9 Å². The minimum atomic E-state index is -0.243. The number of aromatic amines is 1. The van der Waals surface area contributed by atoms with Crippen LogP contribution in [0.2, 0.25) is 5.02 Å². The minimum Gasteiger partial charge on any atom is -0.361 e. The zero-order valence-corrected chi connectivity index (χ0v) is 24.2. The first-order valence-electron chi connectivity index (χ1n) is 14.5. The number of carbonyl (C=O) groups excluding carboxylic acids is 2. The number of halogens is 1. The van der Waals surface area contributed by atoms with Gasteiger partial charge in [0.15, 0.2) is 0 Å². The highest BCUT2D eigenvalue weighted by atomic mass is 35.5. The quantitative estimate of drug-likeness (QED) is 0.390. The number of nitrogens with zero attached hydrogens (tertiary/aromatic N) is 4. The Morgan fingerprint density at radius 3 is 2.38 bits per heavy atom. The van der Waals surface area contributed by atoms with E-state index >= 15 is 0 Å². The van der Waals surface area contributed by atoms with Crippen molar-refractivity contribution in [3.05, 3.63) is 70.9 Å². The topological polar surface area (TPSA) is 74.9 Å². The summed E-state index contributed by atoms with van der Waals surface area (Å²) >= 11 is 6.42. The SMILES string of the molecule is CC(=O)N(Cc1ccccc1Cl)C[C@H](Cc1c[nH]c2ccccc12)NC(=O)CN1CCN(N2CCCCC2)CC1. The summed E-state index contributed by atoms with van der Waals surface area (Å²) in [5.74, 6) is -0.0514. The van der Waals surface area contributed by atoms with Crippen molar-refractivity contribution in [1.29, 1.82) is 0 Å². The predicted molar refractivity (Wildman–Crippen MR) is 160 cm³/mol. The Balaban J connectivity index is 1.24. The van der Waals surface area contributed by atoms with Gasteiger partial charge in [-0.25, -0.2) is 10.0 Å². The van der Waals surface area contributed by atoms with Crippen molar-refractivity contribution in [3.8, 4) is 0 Å². The molecule has 0 radical (unpaired) electrons. The number of piperazine rings is 1. The molecule has 9 heteroatoms. The molecule has 1 aromatic heterocycles. The summed E-state index contributed by atoms with van der Waals surface area (Å²) in [7, 11) is 0. The van der Waals surface area contributed by atoms with Gasteiger partial charge in [0.05, 0.1) is 12.6 Å². The van der Waals surface area contributed by atoms with Gasteiger partial charge in [-0.05, 0) is 42.5 Å². The van der Waals surface area contributed by atoms with E-state index in [1.807, 2.05) is 42.6 Å². The number of amides is 2. The molecule has 0 saturated carbocycles. The van der Waals surface area contributed by atoms with Crippen molar-refractivity contribution in [2.75, 3.05) is 52.4 Å². The molecule has 2 aromatic carbocycles. The third-order valence-corrected chi connectivity index (χ3v) is 8.53. The predicted octanol–water partition coefficient (Wildman–Crippen LogP) is 3.92. The number of hydrogen-bond acceptors (Lipinski definition) is 5.